The lowest BCUT2D eigenvalue weighted by Crippen LogP contribution is -2.48. The molecule has 1 aromatic carbocycles. The highest BCUT2D eigenvalue weighted by atomic mass is 32.1. The average molecular weight is 465 g/mol. The molecule has 9 nitrogen and oxygen atoms in total. The van der Waals surface area contributed by atoms with Crippen LogP contribution in [0.4, 0.5) is 0 Å². The molecule has 0 atom stereocenters. The Bertz CT molecular complexity index is 1190. The van der Waals surface area contributed by atoms with E-state index in [1.165, 1.54) is 5.56 Å². The fourth-order valence-corrected chi connectivity index (χ4v) is 4.37. The summed E-state index contributed by atoms with van der Waals surface area (Å²) >= 11 is 1.58. The summed E-state index contributed by atoms with van der Waals surface area (Å²) in [6.45, 7) is 5.49. The number of thiophene rings is 1. The SMILES string of the molecule is Cc1ccc(-c2noc(CCC(=O)N3CCN(Cc4nc(-c5cccs5)no4)CC3)n2)cc1. The number of carbonyl (C=O) groups excluding carboxylic acids is 1. The third-order valence-corrected chi connectivity index (χ3v) is 6.49. The first-order valence-corrected chi connectivity index (χ1v) is 11.8. The number of aryl methyl sites for hydroxylation is 2. The molecular weight excluding hydrogens is 440 g/mol. The zero-order chi connectivity index (χ0) is 22.6. The Morgan fingerprint density at radius 3 is 2.45 bits per heavy atom. The molecule has 1 saturated heterocycles. The van der Waals surface area contributed by atoms with Crippen molar-refractivity contribution in [2.24, 2.45) is 0 Å². The van der Waals surface area contributed by atoms with Crippen LogP contribution in [-0.2, 0) is 17.8 Å². The molecule has 0 aliphatic carbocycles. The number of carbonyl (C=O) groups is 1. The molecule has 0 spiro atoms. The molecule has 170 valence electrons. The molecule has 0 saturated carbocycles. The Hall–Kier alpha value is -3.37. The minimum Gasteiger partial charge on any atom is -0.340 e. The number of hydrogen-bond donors (Lipinski definition) is 0. The van der Waals surface area contributed by atoms with Crippen LogP contribution >= 0.6 is 11.3 Å². The van der Waals surface area contributed by atoms with Gasteiger partial charge in [-0.2, -0.15) is 9.97 Å². The van der Waals surface area contributed by atoms with Crippen LogP contribution in [0.25, 0.3) is 22.1 Å². The number of aromatic nitrogens is 4. The van der Waals surface area contributed by atoms with Crippen molar-refractivity contribution >= 4 is 17.2 Å². The molecule has 4 heterocycles. The maximum absolute atomic E-state index is 12.7. The van der Waals surface area contributed by atoms with Gasteiger partial charge in [-0.3, -0.25) is 9.69 Å². The van der Waals surface area contributed by atoms with E-state index in [2.05, 4.69) is 25.2 Å². The van der Waals surface area contributed by atoms with Gasteiger partial charge in [-0.15, -0.1) is 11.3 Å². The topological polar surface area (TPSA) is 101 Å². The first-order valence-electron chi connectivity index (χ1n) is 10.9. The van der Waals surface area contributed by atoms with Crippen LogP contribution in [-0.4, -0.2) is 62.2 Å². The predicted molar refractivity (Wildman–Crippen MR) is 122 cm³/mol. The minimum absolute atomic E-state index is 0.0995. The largest absolute Gasteiger partial charge is 0.340 e. The van der Waals surface area contributed by atoms with Crippen LogP contribution in [0.5, 0.6) is 0 Å². The second-order valence-electron chi connectivity index (χ2n) is 8.02. The van der Waals surface area contributed by atoms with Crippen LogP contribution in [0.1, 0.15) is 23.8 Å². The Kier molecular flexibility index (Phi) is 6.27. The molecule has 10 heteroatoms. The van der Waals surface area contributed by atoms with Crippen LogP contribution in [0.3, 0.4) is 0 Å². The monoisotopic (exact) mass is 464 g/mol. The van der Waals surface area contributed by atoms with Crippen LogP contribution in [0, 0.1) is 6.92 Å². The van der Waals surface area contributed by atoms with Gasteiger partial charge in [-0.1, -0.05) is 46.2 Å². The van der Waals surface area contributed by atoms with Crippen molar-refractivity contribution in [1.82, 2.24) is 30.1 Å². The normalized spacial score (nSPS) is 14.6. The van der Waals surface area contributed by atoms with Gasteiger partial charge < -0.3 is 13.9 Å². The van der Waals surface area contributed by atoms with E-state index in [4.69, 9.17) is 9.05 Å². The third kappa shape index (κ3) is 5.18. The van der Waals surface area contributed by atoms with Crippen LogP contribution in [0.2, 0.25) is 0 Å². The zero-order valence-electron chi connectivity index (χ0n) is 18.3. The lowest BCUT2D eigenvalue weighted by molar-refractivity contribution is -0.133. The lowest BCUT2D eigenvalue weighted by Gasteiger charge is -2.33. The summed E-state index contributed by atoms with van der Waals surface area (Å²) < 4.78 is 10.7. The Morgan fingerprint density at radius 1 is 0.970 bits per heavy atom. The molecule has 0 N–H and O–H groups in total. The fraction of sp³-hybridized carbons (Fsp3) is 0.348. The molecule has 1 aliphatic rings. The third-order valence-electron chi connectivity index (χ3n) is 5.62. The Morgan fingerprint density at radius 2 is 1.70 bits per heavy atom. The van der Waals surface area contributed by atoms with Gasteiger partial charge >= 0.3 is 0 Å². The summed E-state index contributed by atoms with van der Waals surface area (Å²) in [7, 11) is 0. The lowest BCUT2D eigenvalue weighted by atomic mass is 10.1. The molecule has 1 amide bonds. The fourth-order valence-electron chi connectivity index (χ4n) is 3.72. The highest BCUT2D eigenvalue weighted by Crippen LogP contribution is 2.22. The first-order chi connectivity index (χ1) is 16.1. The van der Waals surface area contributed by atoms with Crippen molar-refractivity contribution in [3.05, 3.63) is 59.1 Å². The molecular formula is C23H24N6O3S. The minimum atomic E-state index is 0.0995. The summed E-state index contributed by atoms with van der Waals surface area (Å²) in [6.07, 6.45) is 0.786. The number of amides is 1. The molecule has 5 rings (SSSR count). The maximum atomic E-state index is 12.7. The van der Waals surface area contributed by atoms with E-state index in [1.54, 1.807) is 11.3 Å². The number of nitrogens with zero attached hydrogens (tertiary/aromatic N) is 6. The molecule has 0 unspecified atom stereocenters. The summed E-state index contributed by atoms with van der Waals surface area (Å²) in [6, 6.07) is 11.9. The van der Waals surface area contributed by atoms with Gasteiger partial charge in [-0.05, 0) is 18.4 Å². The summed E-state index contributed by atoms with van der Waals surface area (Å²) in [5.74, 6) is 2.35. The van der Waals surface area contributed by atoms with Gasteiger partial charge in [0.15, 0.2) is 0 Å². The van der Waals surface area contributed by atoms with E-state index in [0.717, 1.165) is 23.5 Å². The van der Waals surface area contributed by atoms with Crippen molar-refractivity contribution in [1.29, 1.82) is 0 Å². The van der Waals surface area contributed by atoms with Crippen molar-refractivity contribution in [2.75, 3.05) is 26.2 Å². The number of rotatable bonds is 7. The molecule has 0 bridgehead atoms. The average Bonchev–Trinajstić information content (AvgIpc) is 3.60. The van der Waals surface area contributed by atoms with E-state index in [1.807, 2.05) is 53.6 Å². The molecule has 3 aromatic heterocycles. The van der Waals surface area contributed by atoms with E-state index in [9.17, 15) is 4.79 Å². The number of benzene rings is 1. The van der Waals surface area contributed by atoms with Gasteiger partial charge in [0.1, 0.15) is 0 Å². The van der Waals surface area contributed by atoms with Gasteiger partial charge in [-0.25, -0.2) is 0 Å². The summed E-state index contributed by atoms with van der Waals surface area (Å²) in [5, 5.41) is 10.1. The molecule has 1 fully saturated rings. The summed E-state index contributed by atoms with van der Waals surface area (Å²) in [4.78, 5) is 26.7. The number of hydrogen-bond acceptors (Lipinski definition) is 9. The molecule has 1 aliphatic heterocycles. The van der Waals surface area contributed by atoms with Crippen molar-refractivity contribution in [3.63, 3.8) is 0 Å². The van der Waals surface area contributed by atoms with Gasteiger partial charge in [0.25, 0.3) is 0 Å². The smallest absolute Gasteiger partial charge is 0.241 e. The second-order valence-corrected chi connectivity index (χ2v) is 8.97. The molecule has 0 radical (unpaired) electrons. The van der Waals surface area contributed by atoms with Crippen molar-refractivity contribution < 1.29 is 13.8 Å². The molecule has 4 aromatic rings. The van der Waals surface area contributed by atoms with Gasteiger partial charge in [0, 0.05) is 44.6 Å². The van der Waals surface area contributed by atoms with E-state index in [-0.39, 0.29) is 5.91 Å². The highest BCUT2D eigenvalue weighted by molar-refractivity contribution is 7.13. The standard InChI is InChI=1S/C23H24N6O3S/c1-16-4-6-17(7-5-16)22-24-19(31-26-22)8-9-21(30)29-12-10-28(11-13-29)15-20-25-23(27-32-20)18-3-2-14-33-18/h2-7,14H,8-13,15H2,1H3. The highest BCUT2D eigenvalue weighted by Gasteiger charge is 2.23. The van der Waals surface area contributed by atoms with Crippen molar-refractivity contribution in [2.45, 2.75) is 26.3 Å². The van der Waals surface area contributed by atoms with Crippen LogP contribution < -0.4 is 0 Å². The molecule has 33 heavy (non-hydrogen) atoms. The Balaban J connectivity index is 1.08. The van der Waals surface area contributed by atoms with E-state index < -0.39 is 0 Å². The second kappa shape index (κ2) is 9.63. The van der Waals surface area contributed by atoms with Crippen molar-refractivity contribution in [3.8, 4) is 22.1 Å². The van der Waals surface area contributed by atoms with Crippen LogP contribution in [0.15, 0.2) is 50.8 Å². The van der Waals surface area contributed by atoms with E-state index >= 15 is 0 Å². The quantitative estimate of drug-likeness (QED) is 0.410. The maximum Gasteiger partial charge on any atom is 0.241 e. The van der Waals surface area contributed by atoms with E-state index in [0.29, 0.717) is 55.9 Å². The van der Waals surface area contributed by atoms with Gasteiger partial charge in [0.05, 0.1) is 11.4 Å². The predicted octanol–water partition coefficient (Wildman–Crippen LogP) is 3.43. The number of piperazine rings is 1. The van der Waals surface area contributed by atoms with Gasteiger partial charge in [0.2, 0.25) is 29.3 Å². The summed E-state index contributed by atoms with van der Waals surface area (Å²) in [5.41, 5.74) is 2.08. The Labute approximate surface area is 195 Å². The first kappa shape index (κ1) is 21.5. The zero-order valence-corrected chi connectivity index (χ0v) is 19.1.